The largest absolute Gasteiger partial charge is 0.237 e. The monoisotopic (exact) mass is 184 g/mol. The topological polar surface area (TPSA) is 41.8 Å². The van der Waals surface area contributed by atoms with Gasteiger partial charge in [0.25, 0.3) is 0 Å². The van der Waals surface area contributed by atoms with Gasteiger partial charge in [-0.1, -0.05) is 20.3 Å². The van der Waals surface area contributed by atoms with Crippen LogP contribution in [0.4, 0.5) is 0 Å². The molecule has 1 unspecified atom stereocenters. The summed E-state index contributed by atoms with van der Waals surface area (Å²) in [6.07, 6.45) is 3.79. The molecule has 0 aliphatic rings. The molecule has 0 saturated carbocycles. The molecular formula is C8H12N2OS. The minimum atomic E-state index is -0.696. The molecule has 4 heteroatoms. The van der Waals surface area contributed by atoms with Gasteiger partial charge in [-0.2, -0.15) is 4.99 Å². The Bertz CT molecular complexity index is 209. The summed E-state index contributed by atoms with van der Waals surface area (Å²) >= 11 is 4.49. The predicted octanol–water partition coefficient (Wildman–Crippen LogP) is 2.33. The van der Waals surface area contributed by atoms with Crippen LogP contribution in [0, 0.1) is 0 Å². The summed E-state index contributed by atoms with van der Waals surface area (Å²) in [6.45, 7) is 3.91. The molecule has 1 atom stereocenters. The fourth-order valence-electron chi connectivity index (χ4n) is 1.04. The zero-order chi connectivity index (χ0) is 9.45. The van der Waals surface area contributed by atoms with Crippen molar-refractivity contribution in [2.75, 3.05) is 0 Å². The molecule has 0 saturated heterocycles. The molecule has 66 valence electrons. The van der Waals surface area contributed by atoms with Gasteiger partial charge in [-0.05, 0) is 25.1 Å². The van der Waals surface area contributed by atoms with Crippen LogP contribution in [0.1, 0.15) is 33.1 Å². The summed E-state index contributed by atoms with van der Waals surface area (Å²) < 4.78 is 0. The molecule has 0 aliphatic heterocycles. The highest BCUT2D eigenvalue weighted by Crippen LogP contribution is 2.22. The number of hydrogen-bond acceptors (Lipinski definition) is 4. The van der Waals surface area contributed by atoms with Crippen molar-refractivity contribution in [2.45, 2.75) is 38.8 Å². The van der Waals surface area contributed by atoms with Gasteiger partial charge < -0.3 is 0 Å². The maximum atomic E-state index is 10.1. The molecule has 0 N–H and O–H groups in total. The maximum absolute atomic E-state index is 10.1. The number of thiocarbonyl (C=S) groups is 1. The summed E-state index contributed by atoms with van der Waals surface area (Å²) in [6, 6.07) is 0. The first-order valence-electron chi connectivity index (χ1n) is 3.92. The van der Waals surface area contributed by atoms with Gasteiger partial charge in [0.15, 0.2) is 5.66 Å². The van der Waals surface area contributed by atoms with Crippen LogP contribution in [0.15, 0.2) is 9.98 Å². The second-order valence-corrected chi connectivity index (χ2v) is 2.67. The first-order chi connectivity index (χ1) is 5.74. The lowest BCUT2D eigenvalue weighted by Crippen LogP contribution is -2.21. The summed E-state index contributed by atoms with van der Waals surface area (Å²) in [5.74, 6) is 0. The molecule has 0 bridgehead atoms. The molecule has 0 spiro atoms. The van der Waals surface area contributed by atoms with Crippen molar-refractivity contribution in [3.8, 4) is 0 Å². The van der Waals surface area contributed by atoms with Crippen LogP contribution < -0.4 is 0 Å². The molecule has 0 amide bonds. The van der Waals surface area contributed by atoms with Gasteiger partial charge in [0, 0.05) is 0 Å². The van der Waals surface area contributed by atoms with E-state index in [1.807, 2.05) is 13.8 Å². The number of aliphatic imine (C=N–C) groups is 2. The standard InChI is InChI=1S/C8H12N2OS/c1-3-5-8(4-2,9-6-11)10-7-12/h3-5H2,1-2H3. The van der Waals surface area contributed by atoms with Crippen LogP contribution in [0.5, 0.6) is 0 Å². The van der Waals surface area contributed by atoms with Crippen molar-refractivity contribution in [1.29, 1.82) is 0 Å². The predicted molar refractivity (Wildman–Crippen MR) is 51.1 cm³/mol. The van der Waals surface area contributed by atoms with E-state index in [9.17, 15) is 4.79 Å². The summed E-state index contributed by atoms with van der Waals surface area (Å²) in [7, 11) is 0. The van der Waals surface area contributed by atoms with E-state index in [1.54, 1.807) is 0 Å². The Morgan fingerprint density at radius 1 is 1.42 bits per heavy atom. The van der Waals surface area contributed by atoms with Crippen molar-refractivity contribution in [2.24, 2.45) is 9.98 Å². The van der Waals surface area contributed by atoms with E-state index in [-0.39, 0.29) is 0 Å². The number of rotatable bonds is 5. The number of isocyanates is 1. The molecule has 0 aromatic rings. The highest BCUT2D eigenvalue weighted by Gasteiger charge is 2.24. The number of isothiocyanates is 1. The van der Waals surface area contributed by atoms with E-state index in [4.69, 9.17) is 0 Å². The average molecular weight is 184 g/mol. The van der Waals surface area contributed by atoms with E-state index in [0.29, 0.717) is 12.8 Å². The van der Waals surface area contributed by atoms with Crippen molar-refractivity contribution in [3.05, 3.63) is 0 Å². The lowest BCUT2D eigenvalue weighted by Gasteiger charge is -2.18. The Hall–Kier alpha value is -0.820. The van der Waals surface area contributed by atoms with Crippen molar-refractivity contribution < 1.29 is 4.79 Å². The lowest BCUT2D eigenvalue weighted by atomic mass is 10.0. The second-order valence-electron chi connectivity index (χ2n) is 2.49. The molecule has 0 aromatic carbocycles. The SMILES string of the molecule is CCCC(CC)(N=C=O)N=C=S. The van der Waals surface area contributed by atoms with E-state index in [2.05, 4.69) is 27.4 Å². The van der Waals surface area contributed by atoms with Crippen molar-refractivity contribution in [3.63, 3.8) is 0 Å². The zero-order valence-electron chi connectivity index (χ0n) is 7.33. The van der Waals surface area contributed by atoms with Gasteiger partial charge in [0.05, 0.1) is 5.16 Å². The molecule has 0 radical (unpaired) electrons. The minimum Gasteiger partial charge on any atom is -0.211 e. The van der Waals surface area contributed by atoms with Crippen LogP contribution in [0.3, 0.4) is 0 Å². The maximum Gasteiger partial charge on any atom is 0.237 e. The summed E-state index contributed by atoms with van der Waals surface area (Å²) in [5.41, 5.74) is -0.696. The molecule has 0 rings (SSSR count). The molecular weight excluding hydrogens is 172 g/mol. The fourth-order valence-corrected chi connectivity index (χ4v) is 1.21. The molecule has 0 fully saturated rings. The Labute approximate surface area is 77.6 Å². The van der Waals surface area contributed by atoms with Gasteiger partial charge in [-0.25, -0.2) is 9.79 Å². The molecule has 0 aromatic heterocycles. The van der Waals surface area contributed by atoms with E-state index >= 15 is 0 Å². The number of carbonyl (C=O) groups excluding carboxylic acids is 1. The van der Waals surface area contributed by atoms with E-state index < -0.39 is 5.66 Å². The third-order valence-electron chi connectivity index (χ3n) is 1.72. The number of hydrogen-bond donors (Lipinski definition) is 0. The van der Waals surface area contributed by atoms with Crippen molar-refractivity contribution in [1.82, 2.24) is 0 Å². The van der Waals surface area contributed by atoms with Gasteiger partial charge in [0.1, 0.15) is 0 Å². The zero-order valence-corrected chi connectivity index (χ0v) is 8.15. The highest BCUT2D eigenvalue weighted by molar-refractivity contribution is 7.78. The fraction of sp³-hybridized carbons (Fsp3) is 0.750. The molecule has 3 nitrogen and oxygen atoms in total. The lowest BCUT2D eigenvalue weighted by molar-refractivity contribution is 0.396. The number of nitrogens with zero attached hydrogens (tertiary/aromatic N) is 2. The second kappa shape index (κ2) is 5.78. The third-order valence-corrected chi connectivity index (χ3v) is 1.82. The first kappa shape index (κ1) is 11.2. The minimum absolute atomic E-state index is 0.653. The van der Waals surface area contributed by atoms with E-state index in [0.717, 1.165) is 6.42 Å². The molecule has 0 aliphatic carbocycles. The van der Waals surface area contributed by atoms with Crippen LogP contribution in [0.25, 0.3) is 0 Å². The van der Waals surface area contributed by atoms with Crippen LogP contribution in [-0.4, -0.2) is 16.9 Å². The van der Waals surface area contributed by atoms with Crippen LogP contribution in [0.2, 0.25) is 0 Å². The van der Waals surface area contributed by atoms with Crippen LogP contribution >= 0.6 is 12.2 Å². The van der Waals surface area contributed by atoms with Gasteiger partial charge >= 0.3 is 0 Å². The normalized spacial score (nSPS) is 13.8. The van der Waals surface area contributed by atoms with Gasteiger partial charge in [0.2, 0.25) is 6.08 Å². The first-order valence-corrected chi connectivity index (χ1v) is 4.33. The highest BCUT2D eigenvalue weighted by atomic mass is 32.1. The quantitative estimate of drug-likeness (QED) is 0.374. The third kappa shape index (κ3) is 3.05. The van der Waals surface area contributed by atoms with Gasteiger partial charge in [-0.3, -0.25) is 0 Å². The molecule has 12 heavy (non-hydrogen) atoms. The Morgan fingerprint density at radius 2 is 2.08 bits per heavy atom. The van der Waals surface area contributed by atoms with Crippen molar-refractivity contribution >= 4 is 23.5 Å². The Kier molecular flexibility index (Phi) is 5.39. The Balaban J connectivity index is 4.73. The molecule has 0 heterocycles. The van der Waals surface area contributed by atoms with E-state index in [1.165, 1.54) is 6.08 Å². The van der Waals surface area contributed by atoms with Crippen LogP contribution in [-0.2, 0) is 4.79 Å². The smallest absolute Gasteiger partial charge is 0.211 e. The summed E-state index contributed by atoms with van der Waals surface area (Å²) in [5, 5.41) is 2.26. The average Bonchev–Trinajstić information content (AvgIpc) is 2.06. The summed E-state index contributed by atoms with van der Waals surface area (Å²) in [4.78, 5) is 17.7. The Morgan fingerprint density at radius 3 is 2.42 bits per heavy atom. The van der Waals surface area contributed by atoms with Gasteiger partial charge in [-0.15, -0.1) is 0 Å².